The number of urea groups is 1. The maximum Gasteiger partial charge on any atom is 0.586 e. The first-order valence-corrected chi connectivity index (χ1v) is 9.21. The van der Waals surface area contributed by atoms with E-state index in [1.54, 1.807) is 17.0 Å². The number of nitrogens with one attached hydrogen (secondary N) is 2. The zero-order chi connectivity index (χ0) is 20.4. The van der Waals surface area contributed by atoms with Crippen LogP contribution >= 0.6 is 0 Å². The van der Waals surface area contributed by atoms with Crippen LogP contribution in [0.4, 0.5) is 25.0 Å². The molecule has 4 rings (SSSR count). The van der Waals surface area contributed by atoms with Crippen molar-refractivity contribution >= 4 is 23.3 Å². The summed E-state index contributed by atoms with van der Waals surface area (Å²) >= 11 is 0. The number of hydrogen-bond donors (Lipinski definition) is 2. The van der Waals surface area contributed by atoms with Crippen molar-refractivity contribution in [3.8, 4) is 11.5 Å². The summed E-state index contributed by atoms with van der Waals surface area (Å²) in [5.74, 6) is -0.917. The van der Waals surface area contributed by atoms with Crippen LogP contribution in [0.15, 0.2) is 48.5 Å². The molecule has 3 amide bonds. The Hall–Kier alpha value is -3.36. The number of hydrogen-bond acceptors (Lipinski definition) is 4. The smallest absolute Gasteiger partial charge is 0.395 e. The molecular formula is C20H19F2N3O4. The topological polar surface area (TPSA) is 79.9 Å². The number of carbonyl (C=O) groups is 2. The van der Waals surface area contributed by atoms with Gasteiger partial charge in [-0.25, -0.2) is 4.79 Å². The van der Waals surface area contributed by atoms with Gasteiger partial charge < -0.3 is 25.0 Å². The molecule has 2 heterocycles. The highest BCUT2D eigenvalue weighted by Crippen LogP contribution is 2.42. The molecule has 2 aliphatic heterocycles. The maximum atomic E-state index is 13.1. The van der Waals surface area contributed by atoms with E-state index in [9.17, 15) is 18.4 Å². The summed E-state index contributed by atoms with van der Waals surface area (Å²) in [6.45, 7) is 0.828. The van der Waals surface area contributed by atoms with Crippen molar-refractivity contribution in [2.75, 3.05) is 23.7 Å². The molecule has 0 saturated carbocycles. The lowest BCUT2D eigenvalue weighted by Crippen LogP contribution is -2.45. The van der Waals surface area contributed by atoms with Crippen LogP contribution in [0.25, 0.3) is 0 Å². The lowest BCUT2D eigenvalue weighted by atomic mass is 9.97. The number of nitrogens with zero attached hydrogens (tertiary/aromatic N) is 1. The summed E-state index contributed by atoms with van der Waals surface area (Å²) in [5.41, 5.74) is 1.00. The minimum Gasteiger partial charge on any atom is -0.395 e. The highest BCUT2D eigenvalue weighted by atomic mass is 19.3. The number of para-hydroxylation sites is 1. The van der Waals surface area contributed by atoms with Gasteiger partial charge in [-0.1, -0.05) is 18.2 Å². The van der Waals surface area contributed by atoms with Crippen LogP contribution in [0.2, 0.25) is 0 Å². The third-order valence-corrected chi connectivity index (χ3v) is 4.77. The van der Waals surface area contributed by atoms with Crippen molar-refractivity contribution in [1.82, 2.24) is 4.90 Å². The normalized spacial score (nSPS) is 19.5. The van der Waals surface area contributed by atoms with Gasteiger partial charge >= 0.3 is 12.3 Å². The van der Waals surface area contributed by atoms with Gasteiger partial charge in [-0.3, -0.25) is 4.79 Å². The van der Waals surface area contributed by atoms with E-state index in [-0.39, 0.29) is 30.0 Å². The predicted octanol–water partition coefficient (Wildman–Crippen LogP) is 3.89. The molecular weight excluding hydrogens is 384 g/mol. The first-order chi connectivity index (χ1) is 13.9. The van der Waals surface area contributed by atoms with Crippen LogP contribution in [0.1, 0.15) is 12.8 Å². The number of fused-ring (bicyclic) bond motifs is 1. The van der Waals surface area contributed by atoms with Gasteiger partial charge in [-0.15, -0.1) is 8.78 Å². The number of halogens is 2. The molecule has 0 radical (unpaired) electrons. The molecule has 1 saturated heterocycles. The second kappa shape index (κ2) is 7.57. The van der Waals surface area contributed by atoms with Gasteiger partial charge in [0.15, 0.2) is 11.5 Å². The zero-order valence-electron chi connectivity index (χ0n) is 15.4. The number of piperidine rings is 1. The van der Waals surface area contributed by atoms with Gasteiger partial charge in [0.25, 0.3) is 0 Å². The number of anilines is 2. The van der Waals surface area contributed by atoms with E-state index in [1.165, 1.54) is 18.2 Å². The van der Waals surface area contributed by atoms with Crippen LogP contribution in [0, 0.1) is 5.92 Å². The van der Waals surface area contributed by atoms with E-state index in [0.717, 1.165) is 0 Å². The fraction of sp³-hybridized carbons (Fsp3) is 0.300. The van der Waals surface area contributed by atoms with Gasteiger partial charge in [0.05, 0.1) is 5.92 Å². The predicted molar refractivity (Wildman–Crippen MR) is 101 cm³/mol. The van der Waals surface area contributed by atoms with Crippen molar-refractivity contribution in [1.29, 1.82) is 0 Å². The number of alkyl halides is 2. The fourth-order valence-corrected chi connectivity index (χ4v) is 3.37. The summed E-state index contributed by atoms with van der Waals surface area (Å²) < 4.78 is 35.0. The highest BCUT2D eigenvalue weighted by Gasteiger charge is 2.43. The number of amides is 3. The van der Waals surface area contributed by atoms with Gasteiger partial charge in [0.1, 0.15) is 0 Å². The van der Waals surface area contributed by atoms with E-state index in [4.69, 9.17) is 0 Å². The summed E-state index contributed by atoms with van der Waals surface area (Å²) in [7, 11) is 0. The Bertz CT molecular complexity index is 923. The minimum atomic E-state index is -3.71. The Balaban J connectivity index is 1.36. The van der Waals surface area contributed by atoms with Crippen molar-refractivity contribution in [2.24, 2.45) is 5.92 Å². The number of carbonyl (C=O) groups excluding carboxylic acids is 2. The Morgan fingerprint density at radius 2 is 1.76 bits per heavy atom. The van der Waals surface area contributed by atoms with Crippen LogP contribution in [-0.2, 0) is 4.79 Å². The molecule has 7 nitrogen and oxygen atoms in total. The van der Waals surface area contributed by atoms with Gasteiger partial charge in [0.2, 0.25) is 5.91 Å². The van der Waals surface area contributed by atoms with E-state index >= 15 is 0 Å². The monoisotopic (exact) mass is 403 g/mol. The van der Waals surface area contributed by atoms with E-state index in [1.807, 2.05) is 18.2 Å². The van der Waals surface area contributed by atoms with Crippen LogP contribution in [-0.4, -0.2) is 36.2 Å². The lowest BCUT2D eigenvalue weighted by Gasteiger charge is -2.32. The van der Waals surface area contributed by atoms with Crippen LogP contribution < -0.4 is 20.1 Å². The second-order valence-electron chi connectivity index (χ2n) is 6.90. The number of likely N-dealkylation sites (tertiary alicyclic amines) is 1. The van der Waals surface area contributed by atoms with Crippen LogP contribution in [0.3, 0.4) is 0 Å². The largest absolute Gasteiger partial charge is 0.586 e. The SMILES string of the molecule is O=C(Nc1ccc2c(c1)OC(F)(F)O2)[C@@H]1CCCN(C(=O)Nc2ccccc2)C1. The van der Waals surface area contributed by atoms with E-state index < -0.39 is 12.2 Å². The second-order valence-corrected chi connectivity index (χ2v) is 6.90. The number of benzene rings is 2. The Labute approximate surface area is 165 Å². The Kier molecular flexibility index (Phi) is 4.96. The molecule has 0 unspecified atom stereocenters. The molecule has 2 aliphatic rings. The molecule has 2 aromatic carbocycles. The fourth-order valence-electron chi connectivity index (χ4n) is 3.37. The van der Waals surface area contributed by atoms with Crippen LogP contribution in [0.5, 0.6) is 11.5 Å². The molecule has 0 aliphatic carbocycles. The highest BCUT2D eigenvalue weighted by molar-refractivity contribution is 5.94. The Morgan fingerprint density at radius 3 is 2.55 bits per heavy atom. The summed E-state index contributed by atoms with van der Waals surface area (Å²) in [4.78, 5) is 26.7. The quantitative estimate of drug-likeness (QED) is 0.815. The standard InChI is InChI=1S/C20H19F2N3O4/c21-20(22)28-16-9-8-15(11-17(16)29-20)23-18(26)13-5-4-10-25(12-13)19(27)24-14-6-2-1-3-7-14/h1-3,6-9,11,13H,4-5,10,12H2,(H,23,26)(H,24,27)/t13-/m1/s1. The van der Waals surface area contributed by atoms with Gasteiger partial charge in [-0.2, -0.15) is 0 Å². The van der Waals surface area contributed by atoms with Gasteiger partial charge in [0, 0.05) is 30.5 Å². The van der Waals surface area contributed by atoms with Gasteiger partial charge in [-0.05, 0) is 37.1 Å². The molecule has 9 heteroatoms. The average molecular weight is 403 g/mol. The first kappa shape index (κ1) is 19.0. The molecule has 0 spiro atoms. The number of rotatable bonds is 3. The molecule has 1 fully saturated rings. The average Bonchev–Trinajstić information content (AvgIpc) is 3.02. The molecule has 0 bridgehead atoms. The zero-order valence-corrected chi connectivity index (χ0v) is 15.4. The van der Waals surface area contributed by atoms with Crippen molar-refractivity contribution < 1.29 is 27.8 Å². The van der Waals surface area contributed by atoms with E-state index in [2.05, 4.69) is 20.1 Å². The molecule has 1 atom stereocenters. The summed E-state index contributed by atoms with van der Waals surface area (Å²) in [6.07, 6.45) is -2.39. The minimum absolute atomic E-state index is 0.0885. The number of ether oxygens (including phenoxy) is 2. The molecule has 152 valence electrons. The van der Waals surface area contributed by atoms with Crippen molar-refractivity contribution in [3.05, 3.63) is 48.5 Å². The third kappa shape index (κ3) is 4.39. The first-order valence-electron chi connectivity index (χ1n) is 9.21. The maximum absolute atomic E-state index is 13.1. The molecule has 0 aromatic heterocycles. The Morgan fingerprint density at radius 1 is 1.00 bits per heavy atom. The summed E-state index contributed by atoms with van der Waals surface area (Å²) in [5, 5.41) is 5.51. The summed E-state index contributed by atoms with van der Waals surface area (Å²) in [6, 6.07) is 12.9. The third-order valence-electron chi connectivity index (χ3n) is 4.77. The lowest BCUT2D eigenvalue weighted by molar-refractivity contribution is -0.286. The molecule has 2 aromatic rings. The molecule has 2 N–H and O–H groups in total. The molecule has 29 heavy (non-hydrogen) atoms. The van der Waals surface area contributed by atoms with Crippen molar-refractivity contribution in [2.45, 2.75) is 19.1 Å². The van der Waals surface area contributed by atoms with Crippen molar-refractivity contribution in [3.63, 3.8) is 0 Å². The van der Waals surface area contributed by atoms with E-state index in [0.29, 0.717) is 30.8 Å².